The second-order valence-electron chi connectivity index (χ2n) is 10.0. The Morgan fingerprint density at radius 3 is 2.94 bits per heavy atom. The monoisotopic (exact) mass is 456 g/mol. The van der Waals surface area contributed by atoms with Crippen LogP contribution in [0.3, 0.4) is 0 Å². The molecule has 1 aromatic carbocycles. The summed E-state index contributed by atoms with van der Waals surface area (Å²) in [6.07, 6.45) is 6.43. The van der Waals surface area contributed by atoms with Gasteiger partial charge in [-0.25, -0.2) is 9.37 Å². The molecule has 2 N–H and O–H groups in total. The zero-order valence-corrected chi connectivity index (χ0v) is 19.3. The predicted octanol–water partition coefficient (Wildman–Crippen LogP) is 5.37. The van der Waals surface area contributed by atoms with Crippen molar-refractivity contribution in [1.29, 1.82) is 0 Å². The molecule has 2 aromatic rings. The number of anilines is 1. The van der Waals surface area contributed by atoms with Gasteiger partial charge in [-0.1, -0.05) is 13.0 Å². The number of Topliss-reactive ketones (excluding diaryl/α,β-unsaturated/α-hetero) is 1. The number of ketones is 1. The Morgan fingerprint density at radius 2 is 2.19 bits per heavy atom. The molecule has 3 aliphatic carbocycles. The number of carbonyl (C=O) groups is 2. The molecule has 0 radical (unpaired) electrons. The van der Waals surface area contributed by atoms with Crippen molar-refractivity contribution in [3.05, 3.63) is 40.2 Å². The number of aromatic hydroxyl groups is 1. The highest BCUT2D eigenvalue weighted by molar-refractivity contribution is 7.15. The van der Waals surface area contributed by atoms with Crippen LogP contribution in [-0.4, -0.2) is 21.8 Å². The van der Waals surface area contributed by atoms with Crippen LogP contribution in [0.4, 0.5) is 9.52 Å². The first-order valence-corrected chi connectivity index (χ1v) is 12.4. The number of amides is 1. The van der Waals surface area contributed by atoms with E-state index in [1.165, 1.54) is 17.4 Å². The van der Waals surface area contributed by atoms with E-state index in [9.17, 15) is 19.1 Å². The zero-order valence-electron chi connectivity index (χ0n) is 18.5. The molecule has 1 heterocycles. The van der Waals surface area contributed by atoms with E-state index in [1.54, 1.807) is 6.20 Å². The third-order valence-corrected chi connectivity index (χ3v) is 9.11. The fraction of sp³-hybridized carbons (Fsp3) is 0.560. The average Bonchev–Trinajstić information content (AvgIpc) is 3.28. The third kappa shape index (κ3) is 3.45. The van der Waals surface area contributed by atoms with Gasteiger partial charge < -0.3 is 10.4 Å². The Balaban J connectivity index is 1.35. The van der Waals surface area contributed by atoms with Crippen LogP contribution in [0.1, 0.15) is 67.4 Å². The molecular formula is C25H29FN2O3S. The van der Waals surface area contributed by atoms with Crippen molar-refractivity contribution in [1.82, 2.24) is 4.98 Å². The predicted molar refractivity (Wildman–Crippen MR) is 121 cm³/mol. The fourth-order valence-corrected chi connectivity index (χ4v) is 7.53. The van der Waals surface area contributed by atoms with Gasteiger partial charge in [0.2, 0.25) is 5.91 Å². The number of phenolic OH excluding ortho intramolecular Hbond substituents is 1. The minimum Gasteiger partial charge on any atom is -0.505 e. The molecule has 0 spiro atoms. The number of halogens is 1. The lowest BCUT2D eigenvalue weighted by Gasteiger charge is -2.50. The summed E-state index contributed by atoms with van der Waals surface area (Å²) in [5, 5.41) is 13.3. The molecule has 0 aliphatic heterocycles. The van der Waals surface area contributed by atoms with Crippen molar-refractivity contribution in [2.45, 2.75) is 64.7 Å². The SMILES string of the molecule is Cc1cnc(NC(=O)CCC2CC(=O)C3(C)CCC4c5ccc(O)c(F)c5CCC4C23)s1. The second-order valence-corrected chi connectivity index (χ2v) is 11.2. The van der Waals surface area contributed by atoms with Crippen LogP contribution in [0.5, 0.6) is 5.75 Å². The van der Waals surface area contributed by atoms with Crippen LogP contribution < -0.4 is 5.32 Å². The van der Waals surface area contributed by atoms with Crippen LogP contribution >= 0.6 is 11.3 Å². The number of aryl methyl sites for hydroxylation is 1. The van der Waals surface area contributed by atoms with E-state index in [0.717, 1.165) is 29.7 Å². The van der Waals surface area contributed by atoms with Crippen molar-refractivity contribution in [3.63, 3.8) is 0 Å². The Bertz CT molecular complexity index is 1080. The van der Waals surface area contributed by atoms with Gasteiger partial charge >= 0.3 is 0 Å². The molecule has 5 unspecified atom stereocenters. The first-order valence-electron chi connectivity index (χ1n) is 11.5. The van der Waals surface area contributed by atoms with E-state index in [1.807, 2.05) is 13.0 Å². The molecule has 5 rings (SSSR count). The summed E-state index contributed by atoms with van der Waals surface area (Å²) in [6, 6.07) is 3.34. The second kappa shape index (κ2) is 7.94. The largest absolute Gasteiger partial charge is 0.505 e. The van der Waals surface area contributed by atoms with Crippen molar-refractivity contribution in [2.24, 2.45) is 23.2 Å². The summed E-state index contributed by atoms with van der Waals surface area (Å²) in [7, 11) is 0. The topological polar surface area (TPSA) is 79.3 Å². The number of nitrogens with zero attached hydrogens (tertiary/aromatic N) is 1. The van der Waals surface area contributed by atoms with Crippen molar-refractivity contribution >= 4 is 28.2 Å². The van der Waals surface area contributed by atoms with Gasteiger partial charge in [-0.2, -0.15) is 0 Å². The zero-order chi connectivity index (χ0) is 22.6. The Hall–Kier alpha value is -2.28. The van der Waals surface area contributed by atoms with Crippen LogP contribution in [0, 0.1) is 35.9 Å². The van der Waals surface area contributed by atoms with E-state index >= 15 is 0 Å². The van der Waals surface area contributed by atoms with Gasteiger partial charge in [0.25, 0.3) is 0 Å². The van der Waals surface area contributed by atoms with E-state index < -0.39 is 5.82 Å². The molecule has 32 heavy (non-hydrogen) atoms. The Kier molecular flexibility index (Phi) is 5.35. The Morgan fingerprint density at radius 1 is 1.38 bits per heavy atom. The van der Waals surface area contributed by atoms with Crippen molar-refractivity contribution in [3.8, 4) is 5.75 Å². The molecule has 0 saturated heterocycles. The lowest BCUT2D eigenvalue weighted by atomic mass is 9.54. The molecule has 0 bridgehead atoms. The molecule has 1 aromatic heterocycles. The van der Waals surface area contributed by atoms with Crippen LogP contribution in [0.25, 0.3) is 0 Å². The van der Waals surface area contributed by atoms with E-state index in [4.69, 9.17) is 0 Å². The number of hydrogen-bond donors (Lipinski definition) is 2. The van der Waals surface area contributed by atoms with E-state index in [-0.39, 0.29) is 34.8 Å². The number of fused-ring (bicyclic) bond motifs is 5. The summed E-state index contributed by atoms with van der Waals surface area (Å²) < 4.78 is 14.6. The van der Waals surface area contributed by atoms with Gasteiger partial charge in [0.15, 0.2) is 16.7 Å². The number of aromatic nitrogens is 1. The molecule has 3 aliphatic rings. The maximum atomic E-state index is 14.6. The lowest BCUT2D eigenvalue weighted by molar-refractivity contribution is -0.129. The number of benzene rings is 1. The molecule has 5 nitrogen and oxygen atoms in total. The highest BCUT2D eigenvalue weighted by Gasteiger charge is 2.58. The average molecular weight is 457 g/mol. The molecule has 2 fully saturated rings. The highest BCUT2D eigenvalue weighted by Crippen LogP contribution is 2.62. The van der Waals surface area contributed by atoms with Crippen molar-refractivity contribution in [2.75, 3.05) is 5.32 Å². The van der Waals surface area contributed by atoms with Gasteiger partial charge in [0.05, 0.1) is 0 Å². The molecule has 1 amide bonds. The summed E-state index contributed by atoms with van der Waals surface area (Å²) in [5.41, 5.74) is 1.31. The molecular weight excluding hydrogens is 427 g/mol. The number of carbonyl (C=O) groups excluding carboxylic acids is 2. The fourth-order valence-electron chi connectivity index (χ4n) is 6.85. The summed E-state index contributed by atoms with van der Waals surface area (Å²) >= 11 is 1.46. The number of thiazole rings is 1. The van der Waals surface area contributed by atoms with Crippen LogP contribution in [0.15, 0.2) is 18.3 Å². The molecule has 5 atom stereocenters. The molecule has 7 heteroatoms. The van der Waals surface area contributed by atoms with Gasteiger partial charge in [-0.05, 0) is 79.9 Å². The smallest absolute Gasteiger partial charge is 0.226 e. The minimum absolute atomic E-state index is 0.0562. The minimum atomic E-state index is -0.484. The first-order chi connectivity index (χ1) is 15.3. The third-order valence-electron chi connectivity index (χ3n) is 8.28. The van der Waals surface area contributed by atoms with Gasteiger partial charge in [0, 0.05) is 29.3 Å². The van der Waals surface area contributed by atoms with Crippen LogP contribution in [0.2, 0.25) is 0 Å². The normalized spacial score (nSPS) is 31.0. The van der Waals surface area contributed by atoms with Gasteiger partial charge in [0.1, 0.15) is 5.78 Å². The van der Waals surface area contributed by atoms with E-state index in [0.29, 0.717) is 48.1 Å². The number of nitrogens with one attached hydrogen (secondary N) is 1. The molecule has 2 saturated carbocycles. The summed E-state index contributed by atoms with van der Waals surface area (Å²) in [6.45, 7) is 4.06. The number of hydrogen-bond acceptors (Lipinski definition) is 5. The quantitative estimate of drug-likeness (QED) is 0.649. The highest BCUT2D eigenvalue weighted by atomic mass is 32.1. The maximum Gasteiger partial charge on any atom is 0.226 e. The maximum absolute atomic E-state index is 14.6. The van der Waals surface area contributed by atoms with Crippen molar-refractivity contribution < 1.29 is 19.1 Å². The lowest BCUT2D eigenvalue weighted by Crippen LogP contribution is -2.44. The summed E-state index contributed by atoms with van der Waals surface area (Å²) in [4.78, 5) is 30.9. The van der Waals surface area contributed by atoms with Gasteiger partial charge in [-0.3, -0.25) is 9.59 Å². The molecule has 170 valence electrons. The first kappa shape index (κ1) is 21.6. The standard InChI is InChI=1S/C25H29FN2O3S/c1-13-12-27-24(32-13)28-21(31)8-3-14-11-20(30)25(2)10-9-16-15-6-7-19(29)23(26)18(15)5-4-17(16)22(14)25/h6-7,12,14,16-17,22,29H,3-5,8-11H2,1-2H3,(H,27,28,31). The number of rotatable bonds is 4. The van der Waals surface area contributed by atoms with E-state index in [2.05, 4.69) is 17.2 Å². The Labute approximate surface area is 191 Å². The number of phenols is 1. The summed E-state index contributed by atoms with van der Waals surface area (Å²) in [5.74, 6) is 0.421. The van der Waals surface area contributed by atoms with Gasteiger partial charge in [-0.15, -0.1) is 11.3 Å². The van der Waals surface area contributed by atoms with Crippen LogP contribution in [-0.2, 0) is 16.0 Å².